The number of carbonyl (C=O) groups is 1. The third-order valence-electron chi connectivity index (χ3n) is 3.15. The van der Waals surface area contributed by atoms with Crippen LogP contribution in [0.25, 0.3) is 10.8 Å². The number of H-pyrrole nitrogens is 1. The summed E-state index contributed by atoms with van der Waals surface area (Å²) in [6, 6.07) is 14.3. The zero-order valence-corrected chi connectivity index (χ0v) is 11.0. The first-order valence-corrected chi connectivity index (χ1v) is 6.35. The van der Waals surface area contributed by atoms with Crippen LogP contribution in [0.2, 0.25) is 0 Å². The predicted octanol–water partition coefficient (Wildman–Crippen LogP) is 2.49. The number of nitrogens with one attached hydrogen (secondary N) is 2. The lowest BCUT2D eigenvalue weighted by molar-refractivity contribution is 0.102. The van der Waals surface area contributed by atoms with Crippen molar-refractivity contribution in [3.8, 4) is 5.75 Å². The largest absolute Gasteiger partial charge is 0.507 e. The van der Waals surface area contributed by atoms with Crippen LogP contribution < -0.4 is 10.9 Å². The number of pyridine rings is 1. The maximum atomic E-state index is 12.1. The lowest BCUT2D eigenvalue weighted by Crippen LogP contribution is -2.15. The van der Waals surface area contributed by atoms with Gasteiger partial charge in [0, 0.05) is 18.0 Å². The standard InChI is InChI=1S/C16H12N2O3/c19-14-8-15(20)17-9-13(14)16(21)18-12-6-5-10-3-1-2-4-11(10)7-12/h1-9H,(H,18,21)(H2,17,19,20). The minimum Gasteiger partial charge on any atom is -0.507 e. The van der Waals surface area contributed by atoms with Gasteiger partial charge >= 0.3 is 0 Å². The van der Waals surface area contributed by atoms with E-state index in [0.29, 0.717) is 5.69 Å². The molecule has 0 aliphatic heterocycles. The summed E-state index contributed by atoms with van der Waals surface area (Å²) < 4.78 is 0. The van der Waals surface area contributed by atoms with E-state index < -0.39 is 11.5 Å². The van der Waals surface area contributed by atoms with Gasteiger partial charge < -0.3 is 15.4 Å². The number of hydrogen-bond acceptors (Lipinski definition) is 3. The molecule has 3 rings (SSSR count). The number of carbonyl (C=O) groups excluding carboxylic acids is 1. The highest BCUT2D eigenvalue weighted by Crippen LogP contribution is 2.20. The number of amides is 1. The fourth-order valence-electron chi connectivity index (χ4n) is 2.11. The maximum Gasteiger partial charge on any atom is 0.260 e. The van der Waals surface area contributed by atoms with Gasteiger partial charge in [-0.2, -0.15) is 0 Å². The average molecular weight is 280 g/mol. The molecule has 0 atom stereocenters. The molecule has 0 unspecified atom stereocenters. The summed E-state index contributed by atoms with van der Waals surface area (Å²) >= 11 is 0. The molecule has 0 spiro atoms. The lowest BCUT2D eigenvalue weighted by atomic mass is 10.1. The molecular weight excluding hydrogens is 268 g/mol. The topological polar surface area (TPSA) is 82.2 Å². The Kier molecular flexibility index (Phi) is 3.16. The van der Waals surface area contributed by atoms with E-state index >= 15 is 0 Å². The smallest absolute Gasteiger partial charge is 0.260 e. The fraction of sp³-hybridized carbons (Fsp3) is 0. The predicted molar refractivity (Wildman–Crippen MR) is 80.6 cm³/mol. The van der Waals surface area contributed by atoms with Crippen LogP contribution in [-0.4, -0.2) is 16.0 Å². The van der Waals surface area contributed by atoms with Gasteiger partial charge in [0.2, 0.25) is 0 Å². The Balaban J connectivity index is 1.90. The van der Waals surface area contributed by atoms with Crippen molar-refractivity contribution in [3.05, 3.63) is 70.6 Å². The highest BCUT2D eigenvalue weighted by molar-refractivity contribution is 6.06. The summed E-state index contributed by atoms with van der Waals surface area (Å²) in [7, 11) is 0. The van der Waals surface area contributed by atoms with Crippen LogP contribution in [0.5, 0.6) is 5.75 Å². The van der Waals surface area contributed by atoms with Gasteiger partial charge in [-0.1, -0.05) is 30.3 Å². The first-order valence-electron chi connectivity index (χ1n) is 6.35. The Bertz CT molecular complexity index is 884. The van der Waals surface area contributed by atoms with Crippen LogP contribution in [0.4, 0.5) is 5.69 Å². The van der Waals surface area contributed by atoms with Gasteiger partial charge in [0.25, 0.3) is 11.5 Å². The Hall–Kier alpha value is -3.08. The minimum absolute atomic E-state index is 0.0164. The molecular formula is C16H12N2O3. The molecule has 0 radical (unpaired) electrons. The summed E-state index contributed by atoms with van der Waals surface area (Å²) in [5.74, 6) is -0.837. The monoisotopic (exact) mass is 280 g/mol. The van der Waals surface area contributed by atoms with Crippen molar-refractivity contribution in [2.75, 3.05) is 5.32 Å². The Morgan fingerprint density at radius 2 is 1.81 bits per heavy atom. The molecule has 3 aromatic rings. The minimum atomic E-state index is -0.487. The third-order valence-corrected chi connectivity index (χ3v) is 3.15. The van der Waals surface area contributed by atoms with Gasteiger partial charge in [-0.15, -0.1) is 0 Å². The molecule has 0 bridgehead atoms. The van der Waals surface area contributed by atoms with E-state index in [2.05, 4.69) is 10.3 Å². The van der Waals surface area contributed by atoms with E-state index in [9.17, 15) is 14.7 Å². The zero-order chi connectivity index (χ0) is 14.8. The van der Waals surface area contributed by atoms with Crippen molar-refractivity contribution in [3.63, 3.8) is 0 Å². The number of benzene rings is 2. The first-order chi connectivity index (χ1) is 10.1. The highest BCUT2D eigenvalue weighted by atomic mass is 16.3. The van der Waals surface area contributed by atoms with Gasteiger partial charge in [0.1, 0.15) is 5.75 Å². The second kappa shape index (κ2) is 5.13. The molecule has 0 aliphatic rings. The first kappa shape index (κ1) is 12.9. The van der Waals surface area contributed by atoms with Crippen molar-refractivity contribution in [2.24, 2.45) is 0 Å². The van der Waals surface area contributed by atoms with Gasteiger partial charge in [0.15, 0.2) is 0 Å². The maximum absolute atomic E-state index is 12.1. The van der Waals surface area contributed by atoms with Crippen molar-refractivity contribution in [2.45, 2.75) is 0 Å². The second-order valence-corrected chi connectivity index (χ2v) is 4.61. The fourth-order valence-corrected chi connectivity index (χ4v) is 2.11. The molecule has 104 valence electrons. The van der Waals surface area contributed by atoms with E-state index in [4.69, 9.17) is 0 Å². The molecule has 1 heterocycles. The quantitative estimate of drug-likeness (QED) is 0.674. The molecule has 3 N–H and O–H groups in total. The normalized spacial score (nSPS) is 10.5. The van der Waals surface area contributed by atoms with Crippen molar-refractivity contribution in [1.29, 1.82) is 0 Å². The van der Waals surface area contributed by atoms with Gasteiger partial charge in [-0.3, -0.25) is 9.59 Å². The summed E-state index contributed by atoms with van der Waals surface area (Å²) in [4.78, 5) is 25.5. The zero-order valence-electron chi connectivity index (χ0n) is 11.0. The number of anilines is 1. The summed E-state index contributed by atoms with van der Waals surface area (Å²) in [6.07, 6.45) is 1.19. The Morgan fingerprint density at radius 3 is 2.57 bits per heavy atom. The SMILES string of the molecule is O=C(Nc1ccc2ccccc2c1)c1c[nH]c(=O)cc1O. The number of rotatable bonds is 2. The van der Waals surface area contributed by atoms with Crippen LogP contribution in [0.3, 0.4) is 0 Å². The van der Waals surface area contributed by atoms with Crippen molar-refractivity contribution < 1.29 is 9.90 Å². The van der Waals surface area contributed by atoms with Crippen LogP contribution in [0.1, 0.15) is 10.4 Å². The molecule has 0 saturated heterocycles. The Labute approximate surface area is 119 Å². The second-order valence-electron chi connectivity index (χ2n) is 4.61. The van der Waals surface area contributed by atoms with E-state index in [-0.39, 0.29) is 11.3 Å². The van der Waals surface area contributed by atoms with Crippen molar-refractivity contribution in [1.82, 2.24) is 4.98 Å². The molecule has 1 aromatic heterocycles. The van der Waals surface area contributed by atoms with E-state index in [1.807, 2.05) is 36.4 Å². The molecule has 5 heteroatoms. The molecule has 0 aliphatic carbocycles. The number of aromatic amines is 1. The molecule has 0 fully saturated rings. The number of fused-ring (bicyclic) bond motifs is 1. The molecule has 2 aromatic carbocycles. The van der Waals surface area contributed by atoms with Gasteiger partial charge in [-0.05, 0) is 22.9 Å². The van der Waals surface area contributed by atoms with Crippen molar-refractivity contribution >= 4 is 22.4 Å². The van der Waals surface area contributed by atoms with E-state index in [1.165, 1.54) is 6.20 Å². The van der Waals surface area contributed by atoms with Crippen LogP contribution in [0, 0.1) is 0 Å². The summed E-state index contributed by atoms with van der Waals surface area (Å²) in [5.41, 5.74) is 0.168. The van der Waals surface area contributed by atoms with Gasteiger partial charge in [-0.25, -0.2) is 0 Å². The third kappa shape index (κ3) is 2.62. The van der Waals surface area contributed by atoms with E-state index in [0.717, 1.165) is 16.8 Å². The summed E-state index contributed by atoms with van der Waals surface area (Å²) in [5, 5.41) is 14.4. The number of aromatic hydroxyl groups is 1. The lowest BCUT2D eigenvalue weighted by Gasteiger charge is -2.07. The molecule has 1 amide bonds. The number of hydrogen-bond donors (Lipinski definition) is 3. The van der Waals surface area contributed by atoms with Crippen LogP contribution >= 0.6 is 0 Å². The highest BCUT2D eigenvalue weighted by Gasteiger charge is 2.12. The average Bonchev–Trinajstić information content (AvgIpc) is 2.47. The van der Waals surface area contributed by atoms with Crippen LogP contribution in [0.15, 0.2) is 59.5 Å². The summed E-state index contributed by atoms with van der Waals surface area (Å²) in [6.45, 7) is 0. The number of aromatic nitrogens is 1. The Morgan fingerprint density at radius 1 is 1.05 bits per heavy atom. The molecule has 5 nitrogen and oxygen atoms in total. The molecule has 21 heavy (non-hydrogen) atoms. The molecule has 0 saturated carbocycles. The van der Waals surface area contributed by atoms with E-state index in [1.54, 1.807) is 6.07 Å². The van der Waals surface area contributed by atoms with Crippen LogP contribution in [-0.2, 0) is 0 Å². The van der Waals surface area contributed by atoms with Gasteiger partial charge in [0.05, 0.1) is 5.56 Å².